The van der Waals surface area contributed by atoms with Crippen LogP contribution < -0.4 is 0 Å². The third-order valence-electron chi connectivity index (χ3n) is 3.64. The number of hydrogen-bond acceptors (Lipinski definition) is 0. The van der Waals surface area contributed by atoms with Gasteiger partial charge in [-0.1, -0.05) is 48.0 Å². The molecule has 0 amide bonds. The topological polar surface area (TPSA) is 0 Å². The van der Waals surface area contributed by atoms with Gasteiger partial charge in [0.15, 0.2) is 0 Å². The predicted molar refractivity (Wildman–Crippen MR) is 72.9 cm³/mol. The summed E-state index contributed by atoms with van der Waals surface area (Å²) >= 11 is 0. The average molecular weight is 238 g/mol. The van der Waals surface area contributed by atoms with Crippen LogP contribution in [0.15, 0.2) is 54.1 Å². The summed E-state index contributed by atoms with van der Waals surface area (Å²) in [7, 11) is 0. The molecule has 2 aromatic carbocycles. The molecule has 0 radical (unpaired) electrons. The Bertz CT molecular complexity index is 596. The molecule has 0 spiro atoms. The molecule has 1 aliphatic carbocycles. The SMILES string of the molecule is CC1=Cc2cc(F)ccc2C1Cc1ccccc1. The van der Waals surface area contributed by atoms with E-state index in [2.05, 4.69) is 37.3 Å². The molecule has 90 valence electrons. The maximum absolute atomic E-state index is 13.2. The van der Waals surface area contributed by atoms with Crippen LogP contribution in [0.4, 0.5) is 4.39 Å². The standard InChI is InChI=1S/C17H15F/c1-12-9-14-11-15(18)7-8-16(14)17(12)10-13-5-3-2-4-6-13/h2-9,11,17H,10H2,1H3. The highest BCUT2D eigenvalue weighted by Gasteiger charge is 2.22. The molecule has 1 aliphatic rings. The summed E-state index contributed by atoms with van der Waals surface area (Å²) < 4.78 is 13.2. The molecular weight excluding hydrogens is 223 g/mol. The second kappa shape index (κ2) is 4.41. The average Bonchev–Trinajstić information content (AvgIpc) is 2.66. The van der Waals surface area contributed by atoms with Crippen molar-refractivity contribution in [2.45, 2.75) is 19.3 Å². The second-order valence-electron chi connectivity index (χ2n) is 4.90. The summed E-state index contributed by atoms with van der Waals surface area (Å²) in [5, 5.41) is 0. The summed E-state index contributed by atoms with van der Waals surface area (Å²) in [6, 6.07) is 15.6. The number of fused-ring (bicyclic) bond motifs is 1. The summed E-state index contributed by atoms with van der Waals surface area (Å²) in [6.07, 6.45) is 3.09. The molecule has 0 saturated carbocycles. The highest BCUT2D eigenvalue weighted by Crippen LogP contribution is 2.38. The zero-order chi connectivity index (χ0) is 12.5. The van der Waals surface area contributed by atoms with Gasteiger partial charge < -0.3 is 0 Å². The number of halogens is 1. The van der Waals surface area contributed by atoms with Gasteiger partial charge in [0.1, 0.15) is 5.82 Å². The third kappa shape index (κ3) is 1.97. The summed E-state index contributed by atoms with van der Waals surface area (Å²) in [5.41, 5.74) is 4.93. The van der Waals surface area contributed by atoms with Crippen LogP contribution in [0.5, 0.6) is 0 Å². The van der Waals surface area contributed by atoms with E-state index in [1.807, 2.05) is 12.1 Å². The molecule has 2 aromatic rings. The van der Waals surface area contributed by atoms with Crippen LogP contribution in [0.1, 0.15) is 29.5 Å². The monoisotopic (exact) mass is 238 g/mol. The summed E-state index contributed by atoms with van der Waals surface area (Å²) in [4.78, 5) is 0. The van der Waals surface area contributed by atoms with Gasteiger partial charge in [-0.05, 0) is 42.2 Å². The van der Waals surface area contributed by atoms with Crippen molar-refractivity contribution in [1.82, 2.24) is 0 Å². The Kier molecular flexibility index (Phi) is 2.75. The van der Waals surface area contributed by atoms with Gasteiger partial charge in [-0.3, -0.25) is 0 Å². The van der Waals surface area contributed by atoms with Gasteiger partial charge >= 0.3 is 0 Å². The lowest BCUT2D eigenvalue weighted by Crippen LogP contribution is -2.01. The molecule has 0 saturated heterocycles. The van der Waals surface area contributed by atoms with Crippen molar-refractivity contribution >= 4 is 6.08 Å². The van der Waals surface area contributed by atoms with Crippen LogP contribution in [0.3, 0.4) is 0 Å². The molecule has 0 heterocycles. The second-order valence-corrected chi connectivity index (χ2v) is 4.90. The minimum absolute atomic E-state index is 0.154. The fourth-order valence-corrected chi connectivity index (χ4v) is 2.70. The van der Waals surface area contributed by atoms with Crippen molar-refractivity contribution in [3.8, 4) is 0 Å². The lowest BCUT2D eigenvalue weighted by atomic mass is 9.90. The Labute approximate surface area is 107 Å². The molecule has 0 N–H and O–H groups in total. The van der Waals surface area contributed by atoms with E-state index in [1.165, 1.54) is 16.7 Å². The lowest BCUT2D eigenvalue weighted by molar-refractivity contribution is 0.626. The number of allylic oxidation sites excluding steroid dienone is 1. The Morgan fingerprint density at radius 2 is 1.83 bits per heavy atom. The molecule has 0 fully saturated rings. The quantitative estimate of drug-likeness (QED) is 0.719. The smallest absolute Gasteiger partial charge is 0.123 e. The van der Waals surface area contributed by atoms with Gasteiger partial charge in [-0.15, -0.1) is 0 Å². The van der Waals surface area contributed by atoms with E-state index in [0.29, 0.717) is 5.92 Å². The van der Waals surface area contributed by atoms with Crippen LogP contribution in [-0.4, -0.2) is 0 Å². The first-order valence-corrected chi connectivity index (χ1v) is 6.25. The molecule has 3 rings (SSSR count). The first kappa shape index (κ1) is 11.2. The number of benzene rings is 2. The van der Waals surface area contributed by atoms with E-state index in [1.54, 1.807) is 12.1 Å². The van der Waals surface area contributed by atoms with E-state index < -0.39 is 0 Å². The van der Waals surface area contributed by atoms with Gasteiger partial charge in [0.2, 0.25) is 0 Å². The zero-order valence-corrected chi connectivity index (χ0v) is 10.4. The minimum Gasteiger partial charge on any atom is -0.207 e. The largest absolute Gasteiger partial charge is 0.207 e. The molecule has 0 nitrogen and oxygen atoms in total. The van der Waals surface area contributed by atoms with Crippen molar-refractivity contribution < 1.29 is 4.39 Å². The van der Waals surface area contributed by atoms with Crippen LogP contribution in [0.2, 0.25) is 0 Å². The Hall–Kier alpha value is -1.89. The number of rotatable bonds is 2. The molecule has 0 aromatic heterocycles. The van der Waals surface area contributed by atoms with Crippen molar-refractivity contribution in [3.63, 3.8) is 0 Å². The van der Waals surface area contributed by atoms with Gasteiger partial charge in [0.25, 0.3) is 0 Å². The van der Waals surface area contributed by atoms with E-state index in [9.17, 15) is 4.39 Å². The van der Waals surface area contributed by atoms with Crippen molar-refractivity contribution in [1.29, 1.82) is 0 Å². The van der Waals surface area contributed by atoms with E-state index in [-0.39, 0.29) is 5.82 Å². The molecule has 1 unspecified atom stereocenters. The summed E-state index contributed by atoms with van der Waals surface area (Å²) in [5.74, 6) is 0.237. The molecule has 1 atom stereocenters. The summed E-state index contributed by atoms with van der Waals surface area (Å²) in [6.45, 7) is 2.13. The molecular formula is C17H15F. The van der Waals surface area contributed by atoms with Crippen LogP contribution in [0, 0.1) is 5.82 Å². The third-order valence-corrected chi connectivity index (χ3v) is 3.64. The molecule has 0 bridgehead atoms. The lowest BCUT2D eigenvalue weighted by Gasteiger charge is -2.14. The highest BCUT2D eigenvalue weighted by atomic mass is 19.1. The zero-order valence-electron chi connectivity index (χ0n) is 10.4. The van der Waals surface area contributed by atoms with Crippen LogP contribution >= 0.6 is 0 Å². The van der Waals surface area contributed by atoms with E-state index >= 15 is 0 Å². The van der Waals surface area contributed by atoms with Crippen LogP contribution in [0.25, 0.3) is 6.08 Å². The van der Waals surface area contributed by atoms with Crippen molar-refractivity contribution in [3.05, 3.63) is 76.6 Å². The maximum Gasteiger partial charge on any atom is 0.123 e. The van der Waals surface area contributed by atoms with Gasteiger partial charge in [-0.2, -0.15) is 0 Å². The Balaban J connectivity index is 1.94. The predicted octanol–water partition coefficient (Wildman–Crippen LogP) is 4.57. The molecule has 0 aliphatic heterocycles. The van der Waals surface area contributed by atoms with E-state index in [4.69, 9.17) is 0 Å². The van der Waals surface area contributed by atoms with Gasteiger partial charge in [0.05, 0.1) is 0 Å². The maximum atomic E-state index is 13.2. The Morgan fingerprint density at radius 1 is 1.06 bits per heavy atom. The van der Waals surface area contributed by atoms with Crippen molar-refractivity contribution in [2.24, 2.45) is 0 Å². The van der Waals surface area contributed by atoms with Gasteiger partial charge in [0, 0.05) is 5.92 Å². The fraction of sp³-hybridized carbons (Fsp3) is 0.176. The molecule has 1 heteroatoms. The van der Waals surface area contributed by atoms with Gasteiger partial charge in [-0.25, -0.2) is 4.39 Å². The van der Waals surface area contributed by atoms with Crippen LogP contribution in [-0.2, 0) is 6.42 Å². The first-order valence-electron chi connectivity index (χ1n) is 6.25. The van der Waals surface area contributed by atoms with E-state index in [0.717, 1.165) is 12.0 Å². The first-order chi connectivity index (χ1) is 8.74. The number of hydrogen-bond donors (Lipinski definition) is 0. The van der Waals surface area contributed by atoms with Crippen molar-refractivity contribution in [2.75, 3.05) is 0 Å². The minimum atomic E-state index is -0.154. The normalized spacial score (nSPS) is 17.4. The highest BCUT2D eigenvalue weighted by molar-refractivity contribution is 5.66. The Morgan fingerprint density at radius 3 is 2.61 bits per heavy atom. The molecule has 18 heavy (non-hydrogen) atoms. The fourth-order valence-electron chi connectivity index (χ4n) is 2.70.